The Morgan fingerprint density at radius 2 is 2.07 bits per heavy atom. The Hall–Kier alpha value is -1.31. The molecule has 0 aliphatic heterocycles. The number of hydrogen-bond acceptors (Lipinski definition) is 2. The zero-order valence-corrected chi connectivity index (χ0v) is 9.71. The van der Waals surface area contributed by atoms with E-state index in [-0.39, 0.29) is 5.78 Å². The lowest BCUT2D eigenvalue weighted by molar-refractivity contribution is 0.0976. The van der Waals surface area contributed by atoms with Gasteiger partial charge in [-0.3, -0.25) is 4.79 Å². The SMILES string of the molecule is Cc1ccc(N)c(C(=O)CCC(C)C)c1. The fraction of sp³-hybridized carbons (Fsp3) is 0.462. The van der Waals surface area contributed by atoms with E-state index in [1.54, 1.807) is 6.07 Å². The van der Waals surface area contributed by atoms with E-state index in [0.717, 1.165) is 12.0 Å². The molecule has 2 heteroatoms. The van der Waals surface area contributed by atoms with Crippen molar-refractivity contribution in [1.29, 1.82) is 0 Å². The van der Waals surface area contributed by atoms with E-state index in [0.29, 0.717) is 23.6 Å². The normalized spacial score (nSPS) is 10.7. The number of aryl methyl sites for hydroxylation is 1. The molecule has 0 unspecified atom stereocenters. The van der Waals surface area contributed by atoms with Gasteiger partial charge in [0.2, 0.25) is 0 Å². The molecule has 0 atom stereocenters. The maximum Gasteiger partial charge on any atom is 0.164 e. The highest BCUT2D eigenvalue weighted by Crippen LogP contribution is 2.17. The Bertz CT molecular complexity index is 356. The first kappa shape index (κ1) is 11.8. The van der Waals surface area contributed by atoms with Gasteiger partial charge < -0.3 is 5.73 Å². The Morgan fingerprint density at radius 3 is 2.67 bits per heavy atom. The van der Waals surface area contributed by atoms with Crippen LogP contribution in [0.25, 0.3) is 0 Å². The molecule has 0 saturated heterocycles. The van der Waals surface area contributed by atoms with Gasteiger partial charge in [0, 0.05) is 17.7 Å². The second-order valence-electron chi connectivity index (χ2n) is 4.45. The summed E-state index contributed by atoms with van der Waals surface area (Å²) in [5, 5.41) is 0. The van der Waals surface area contributed by atoms with Crippen LogP contribution in [0.4, 0.5) is 5.69 Å². The molecule has 2 nitrogen and oxygen atoms in total. The van der Waals surface area contributed by atoms with Crippen molar-refractivity contribution in [2.45, 2.75) is 33.6 Å². The number of ketones is 1. The lowest BCUT2D eigenvalue weighted by Crippen LogP contribution is -2.05. The van der Waals surface area contributed by atoms with Gasteiger partial charge >= 0.3 is 0 Å². The molecule has 1 rings (SSSR count). The van der Waals surface area contributed by atoms with Gasteiger partial charge in [-0.15, -0.1) is 0 Å². The number of benzene rings is 1. The number of anilines is 1. The Morgan fingerprint density at radius 1 is 1.40 bits per heavy atom. The summed E-state index contributed by atoms with van der Waals surface area (Å²) in [5.74, 6) is 0.713. The number of Topliss-reactive ketones (excluding diaryl/α,β-unsaturated/α-hetero) is 1. The van der Waals surface area contributed by atoms with E-state index >= 15 is 0 Å². The van der Waals surface area contributed by atoms with Gasteiger partial charge in [0.15, 0.2) is 5.78 Å². The standard InChI is InChI=1S/C13H19NO/c1-9(2)4-7-13(15)11-8-10(3)5-6-12(11)14/h5-6,8-9H,4,7,14H2,1-3H3. The molecular weight excluding hydrogens is 186 g/mol. The minimum Gasteiger partial charge on any atom is -0.398 e. The fourth-order valence-electron chi connectivity index (χ4n) is 1.47. The molecule has 2 N–H and O–H groups in total. The molecule has 0 radical (unpaired) electrons. The maximum absolute atomic E-state index is 11.8. The lowest BCUT2D eigenvalue weighted by atomic mass is 9.99. The number of carbonyl (C=O) groups excluding carboxylic acids is 1. The number of nitrogens with two attached hydrogens (primary N) is 1. The van der Waals surface area contributed by atoms with Crippen molar-refractivity contribution >= 4 is 11.5 Å². The molecule has 15 heavy (non-hydrogen) atoms. The van der Waals surface area contributed by atoms with Crippen molar-refractivity contribution in [2.24, 2.45) is 5.92 Å². The van der Waals surface area contributed by atoms with Crippen LogP contribution in [-0.4, -0.2) is 5.78 Å². The molecule has 0 amide bonds. The minimum absolute atomic E-state index is 0.157. The van der Waals surface area contributed by atoms with Crippen molar-refractivity contribution in [2.75, 3.05) is 5.73 Å². The second kappa shape index (κ2) is 4.96. The highest BCUT2D eigenvalue weighted by Gasteiger charge is 2.10. The zero-order valence-electron chi connectivity index (χ0n) is 9.71. The predicted octanol–water partition coefficient (Wildman–Crippen LogP) is 3.20. The summed E-state index contributed by atoms with van der Waals surface area (Å²) in [6.45, 7) is 6.21. The molecule has 0 heterocycles. The summed E-state index contributed by atoms with van der Waals surface area (Å²) in [4.78, 5) is 11.8. The average Bonchev–Trinajstić information content (AvgIpc) is 2.18. The first-order valence-corrected chi connectivity index (χ1v) is 5.40. The Labute approximate surface area is 91.5 Å². The molecule has 0 aliphatic carbocycles. The van der Waals surface area contributed by atoms with Crippen LogP contribution in [0.3, 0.4) is 0 Å². The third-order valence-corrected chi connectivity index (χ3v) is 2.46. The van der Waals surface area contributed by atoms with Crippen LogP contribution in [0, 0.1) is 12.8 Å². The summed E-state index contributed by atoms with van der Waals surface area (Å²) >= 11 is 0. The van der Waals surface area contributed by atoms with Crippen LogP contribution in [0.5, 0.6) is 0 Å². The smallest absolute Gasteiger partial charge is 0.164 e. The maximum atomic E-state index is 11.8. The van der Waals surface area contributed by atoms with Gasteiger partial charge in [-0.25, -0.2) is 0 Å². The average molecular weight is 205 g/mol. The minimum atomic E-state index is 0.157. The molecule has 0 saturated carbocycles. The molecule has 1 aromatic carbocycles. The predicted molar refractivity (Wildman–Crippen MR) is 64.0 cm³/mol. The molecule has 0 fully saturated rings. The summed E-state index contributed by atoms with van der Waals surface area (Å²) in [7, 11) is 0. The highest BCUT2D eigenvalue weighted by molar-refractivity contribution is 6.00. The van der Waals surface area contributed by atoms with E-state index in [2.05, 4.69) is 13.8 Å². The van der Waals surface area contributed by atoms with Crippen LogP contribution in [-0.2, 0) is 0 Å². The zero-order chi connectivity index (χ0) is 11.4. The monoisotopic (exact) mass is 205 g/mol. The van der Waals surface area contributed by atoms with Gasteiger partial charge in [-0.05, 0) is 31.4 Å². The van der Waals surface area contributed by atoms with Crippen LogP contribution in [0.15, 0.2) is 18.2 Å². The van der Waals surface area contributed by atoms with Crippen LogP contribution in [0.1, 0.15) is 42.6 Å². The van der Waals surface area contributed by atoms with Crippen molar-refractivity contribution in [3.05, 3.63) is 29.3 Å². The van der Waals surface area contributed by atoms with Crippen molar-refractivity contribution < 1.29 is 4.79 Å². The van der Waals surface area contributed by atoms with Crippen LogP contribution < -0.4 is 5.73 Å². The summed E-state index contributed by atoms with van der Waals surface area (Å²) < 4.78 is 0. The molecule has 0 bridgehead atoms. The molecule has 82 valence electrons. The molecule has 1 aromatic rings. The molecule has 0 aliphatic rings. The quantitative estimate of drug-likeness (QED) is 0.606. The van der Waals surface area contributed by atoms with Crippen LogP contribution >= 0.6 is 0 Å². The van der Waals surface area contributed by atoms with E-state index in [9.17, 15) is 4.79 Å². The summed E-state index contributed by atoms with van der Waals surface area (Å²) in [6, 6.07) is 5.60. The first-order valence-electron chi connectivity index (χ1n) is 5.40. The van der Waals surface area contributed by atoms with E-state index in [4.69, 9.17) is 5.73 Å². The number of hydrogen-bond donors (Lipinski definition) is 1. The fourth-order valence-corrected chi connectivity index (χ4v) is 1.47. The van der Waals surface area contributed by atoms with E-state index < -0.39 is 0 Å². The van der Waals surface area contributed by atoms with Crippen LogP contribution in [0.2, 0.25) is 0 Å². The van der Waals surface area contributed by atoms with Crippen molar-refractivity contribution in [3.8, 4) is 0 Å². The third-order valence-electron chi connectivity index (χ3n) is 2.46. The van der Waals surface area contributed by atoms with Gasteiger partial charge in [0.1, 0.15) is 0 Å². The largest absolute Gasteiger partial charge is 0.398 e. The first-order chi connectivity index (χ1) is 7.00. The second-order valence-corrected chi connectivity index (χ2v) is 4.45. The summed E-state index contributed by atoms with van der Waals surface area (Å²) in [5.41, 5.74) is 8.13. The molecule has 0 aromatic heterocycles. The Kier molecular flexibility index (Phi) is 3.89. The number of rotatable bonds is 4. The summed E-state index contributed by atoms with van der Waals surface area (Å²) in [6.07, 6.45) is 1.51. The number of carbonyl (C=O) groups is 1. The molecule has 0 spiro atoms. The van der Waals surface area contributed by atoms with E-state index in [1.165, 1.54) is 0 Å². The molecular formula is C13H19NO. The Balaban J connectivity index is 2.77. The topological polar surface area (TPSA) is 43.1 Å². The highest BCUT2D eigenvalue weighted by atomic mass is 16.1. The van der Waals surface area contributed by atoms with Gasteiger partial charge in [0.25, 0.3) is 0 Å². The third kappa shape index (κ3) is 3.39. The lowest BCUT2D eigenvalue weighted by Gasteiger charge is -2.07. The number of nitrogen functional groups attached to an aromatic ring is 1. The van der Waals surface area contributed by atoms with Gasteiger partial charge in [-0.1, -0.05) is 25.5 Å². The van der Waals surface area contributed by atoms with E-state index in [1.807, 2.05) is 19.1 Å². The van der Waals surface area contributed by atoms with Crippen molar-refractivity contribution in [3.63, 3.8) is 0 Å². The van der Waals surface area contributed by atoms with Gasteiger partial charge in [0.05, 0.1) is 0 Å². The van der Waals surface area contributed by atoms with Gasteiger partial charge in [-0.2, -0.15) is 0 Å². The van der Waals surface area contributed by atoms with Crippen molar-refractivity contribution in [1.82, 2.24) is 0 Å².